The monoisotopic (exact) mass is 352 g/mol. The van der Waals surface area contributed by atoms with E-state index in [0.717, 1.165) is 30.2 Å². The number of rotatable bonds is 5. The number of hydrogen-bond acceptors (Lipinski definition) is 5. The SMILES string of the molecule is C[C@H]1c2ncc(CCOc3ccncc3)n2CCN1C(=O)c1ccco1. The molecule has 26 heavy (non-hydrogen) atoms. The van der Waals surface area contributed by atoms with Crippen molar-refractivity contribution in [2.45, 2.75) is 25.9 Å². The molecule has 0 saturated heterocycles. The van der Waals surface area contributed by atoms with Gasteiger partial charge in [0.15, 0.2) is 5.76 Å². The van der Waals surface area contributed by atoms with Crippen LogP contribution in [0.5, 0.6) is 5.75 Å². The molecule has 0 bridgehead atoms. The van der Waals surface area contributed by atoms with Gasteiger partial charge in [0.25, 0.3) is 5.91 Å². The molecular formula is C19H20N4O3. The number of ether oxygens (including phenoxy) is 1. The molecule has 0 radical (unpaired) electrons. The van der Waals surface area contributed by atoms with E-state index in [-0.39, 0.29) is 11.9 Å². The zero-order valence-electron chi connectivity index (χ0n) is 14.5. The maximum Gasteiger partial charge on any atom is 0.290 e. The molecule has 0 aromatic carbocycles. The Morgan fingerprint density at radius 1 is 1.31 bits per heavy atom. The summed E-state index contributed by atoms with van der Waals surface area (Å²) in [6.45, 7) is 3.91. The second-order valence-electron chi connectivity index (χ2n) is 6.19. The summed E-state index contributed by atoms with van der Waals surface area (Å²) in [6.07, 6.45) is 7.57. The molecule has 0 N–H and O–H groups in total. The topological polar surface area (TPSA) is 73.4 Å². The van der Waals surface area contributed by atoms with Crippen LogP contribution in [0.3, 0.4) is 0 Å². The molecule has 134 valence electrons. The minimum Gasteiger partial charge on any atom is -0.493 e. The van der Waals surface area contributed by atoms with Crippen LogP contribution in [0.15, 0.2) is 53.5 Å². The van der Waals surface area contributed by atoms with Crippen LogP contribution in [0, 0.1) is 0 Å². The van der Waals surface area contributed by atoms with Gasteiger partial charge in [0.2, 0.25) is 0 Å². The van der Waals surface area contributed by atoms with E-state index in [1.807, 2.05) is 25.3 Å². The first kappa shape index (κ1) is 16.4. The van der Waals surface area contributed by atoms with Crippen molar-refractivity contribution in [2.24, 2.45) is 0 Å². The second-order valence-corrected chi connectivity index (χ2v) is 6.19. The normalized spacial score (nSPS) is 16.3. The van der Waals surface area contributed by atoms with Crippen LogP contribution in [0.2, 0.25) is 0 Å². The molecule has 3 aromatic heterocycles. The molecule has 7 nitrogen and oxygen atoms in total. The second kappa shape index (κ2) is 7.03. The van der Waals surface area contributed by atoms with Gasteiger partial charge >= 0.3 is 0 Å². The molecule has 1 atom stereocenters. The lowest BCUT2D eigenvalue weighted by Crippen LogP contribution is -2.41. The van der Waals surface area contributed by atoms with Crippen molar-refractivity contribution < 1.29 is 13.9 Å². The standard InChI is InChI=1S/C19H20N4O3/c1-14-18-21-13-15(6-12-25-16-4-7-20-8-5-16)23(18)10-9-22(14)19(24)17-3-2-11-26-17/h2-5,7-8,11,13-14H,6,9-10,12H2,1H3/t14-/m0/s1. The third-order valence-corrected chi connectivity index (χ3v) is 4.64. The predicted molar refractivity (Wildman–Crippen MR) is 93.8 cm³/mol. The third kappa shape index (κ3) is 3.08. The Kier molecular flexibility index (Phi) is 4.43. The van der Waals surface area contributed by atoms with Gasteiger partial charge in [-0.05, 0) is 31.2 Å². The summed E-state index contributed by atoms with van der Waals surface area (Å²) in [4.78, 5) is 22.9. The number of aromatic nitrogens is 3. The van der Waals surface area contributed by atoms with E-state index < -0.39 is 0 Å². The predicted octanol–water partition coefficient (Wildman–Crippen LogP) is 2.71. The van der Waals surface area contributed by atoms with Crippen LogP contribution >= 0.6 is 0 Å². The van der Waals surface area contributed by atoms with Crippen molar-refractivity contribution >= 4 is 5.91 Å². The minimum absolute atomic E-state index is 0.0979. The molecule has 0 fully saturated rings. The van der Waals surface area contributed by atoms with E-state index in [2.05, 4.69) is 14.5 Å². The number of fused-ring (bicyclic) bond motifs is 1. The summed E-state index contributed by atoms with van der Waals surface area (Å²) in [5.41, 5.74) is 1.12. The third-order valence-electron chi connectivity index (χ3n) is 4.64. The van der Waals surface area contributed by atoms with E-state index in [4.69, 9.17) is 9.15 Å². The first-order valence-corrected chi connectivity index (χ1v) is 8.65. The molecule has 1 amide bonds. The highest BCUT2D eigenvalue weighted by Crippen LogP contribution is 2.27. The number of pyridine rings is 1. The average molecular weight is 352 g/mol. The number of carbonyl (C=O) groups is 1. The fourth-order valence-corrected chi connectivity index (χ4v) is 3.29. The molecule has 0 spiro atoms. The van der Waals surface area contributed by atoms with Gasteiger partial charge in [0.05, 0.1) is 18.9 Å². The molecule has 3 aromatic rings. The highest BCUT2D eigenvalue weighted by Gasteiger charge is 2.31. The lowest BCUT2D eigenvalue weighted by atomic mass is 10.2. The first-order valence-electron chi connectivity index (χ1n) is 8.65. The molecule has 0 aliphatic carbocycles. The van der Waals surface area contributed by atoms with Crippen LogP contribution in [0.1, 0.15) is 35.0 Å². The van der Waals surface area contributed by atoms with Crippen LogP contribution in [0.25, 0.3) is 0 Å². The van der Waals surface area contributed by atoms with Gasteiger partial charge in [-0.3, -0.25) is 9.78 Å². The number of imidazole rings is 1. The lowest BCUT2D eigenvalue weighted by Gasteiger charge is -2.34. The first-order chi connectivity index (χ1) is 12.7. The summed E-state index contributed by atoms with van der Waals surface area (Å²) in [7, 11) is 0. The van der Waals surface area contributed by atoms with E-state index in [1.165, 1.54) is 6.26 Å². The van der Waals surface area contributed by atoms with Gasteiger partial charge in [0, 0.05) is 43.8 Å². The maximum atomic E-state index is 12.6. The van der Waals surface area contributed by atoms with Crippen LogP contribution < -0.4 is 4.74 Å². The van der Waals surface area contributed by atoms with Crippen molar-refractivity contribution in [2.75, 3.05) is 13.2 Å². The lowest BCUT2D eigenvalue weighted by molar-refractivity contribution is 0.0603. The molecule has 4 rings (SSSR count). The van der Waals surface area contributed by atoms with Crippen molar-refractivity contribution in [1.82, 2.24) is 19.4 Å². The molecule has 0 saturated carbocycles. The van der Waals surface area contributed by atoms with Crippen LogP contribution in [0.4, 0.5) is 0 Å². The Hall–Kier alpha value is -3.09. The van der Waals surface area contributed by atoms with Gasteiger partial charge < -0.3 is 18.6 Å². The molecule has 1 aliphatic heterocycles. The maximum absolute atomic E-state index is 12.6. The van der Waals surface area contributed by atoms with Crippen LogP contribution in [-0.2, 0) is 13.0 Å². The van der Waals surface area contributed by atoms with E-state index in [9.17, 15) is 4.79 Å². The number of amides is 1. The fourth-order valence-electron chi connectivity index (χ4n) is 3.29. The average Bonchev–Trinajstić information content (AvgIpc) is 3.33. The highest BCUT2D eigenvalue weighted by molar-refractivity contribution is 5.91. The van der Waals surface area contributed by atoms with Crippen LogP contribution in [-0.4, -0.2) is 38.5 Å². The number of hydrogen-bond donors (Lipinski definition) is 0. The highest BCUT2D eigenvalue weighted by atomic mass is 16.5. The summed E-state index contributed by atoms with van der Waals surface area (Å²) < 4.78 is 13.2. The number of carbonyl (C=O) groups excluding carboxylic acids is 1. The Morgan fingerprint density at radius 3 is 2.92 bits per heavy atom. The van der Waals surface area contributed by atoms with Gasteiger partial charge in [-0.25, -0.2) is 4.98 Å². The molecule has 1 aliphatic rings. The van der Waals surface area contributed by atoms with Gasteiger partial charge in [-0.15, -0.1) is 0 Å². The Bertz CT molecular complexity index is 874. The van der Waals surface area contributed by atoms with Gasteiger partial charge in [0.1, 0.15) is 11.6 Å². The van der Waals surface area contributed by atoms with Crippen molar-refractivity contribution in [3.05, 3.63) is 66.4 Å². The molecule has 0 unspecified atom stereocenters. The number of furan rings is 1. The minimum atomic E-state index is -0.101. The quantitative estimate of drug-likeness (QED) is 0.706. The van der Waals surface area contributed by atoms with E-state index in [0.29, 0.717) is 18.9 Å². The van der Waals surface area contributed by atoms with Crippen molar-refractivity contribution in [1.29, 1.82) is 0 Å². The smallest absolute Gasteiger partial charge is 0.290 e. The Labute approximate surface area is 151 Å². The van der Waals surface area contributed by atoms with E-state index >= 15 is 0 Å². The van der Waals surface area contributed by atoms with Crippen molar-refractivity contribution in [3.8, 4) is 5.75 Å². The Balaban J connectivity index is 1.43. The van der Waals surface area contributed by atoms with Crippen molar-refractivity contribution in [3.63, 3.8) is 0 Å². The summed E-state index contributed by atoms with van der Waals surface area (Å²) in [5, 5.41) is 0. The summed E-state index contributed by atoms with van der Waals surface area (Å²) >= 11 is 0. The zero-order valence-corrected chi connectivity index (χ0v) is 14.5. The fraction of sp³-hybridized carbons (Fsp3) is 0.316. The summed E-state index contributed by atoms with van der Waals surface area (Å²) in [6, 6.07) is 7.00. The van der Waals surface area contributed by atoms with Gasteiger partial charge in [-0.2, -0.15) is 0 Å². The summed E-state index contributed by atoms with van der Waals surface area (Å²) in [5.74, 6) is 1.97. The molecule has 7 heteroatoms. The van der Waals surface area contributed by atoms with E-state index in [1.54, 1.807) is 29.4 Å². The molecule has 4 heterocycles. The van der Waals surface area contributed by atoms with Gasteiger partial charge in [-0.1, -0.05) is 0 Å². The number of nitrogens with zero attached hydrogens (tertiary/aromatic N) is 4. The Morgan fingerprint density at radius 2 is 2.15 bits per heavy atom. The molecular weight excluding hydrogens is 332 g/mol. The largest absolute Gasteiger partial charge is 0.493 e. The zero-order chi connectivity index (χ0) is 17.9.